The lowest BCUT2D eigenvalue weighted by molar-refractivity contribution is -0.139. The van der Waals surface area contributed by atoms with E-state index in [9.17, 15) is 26.3 Å². The fraction of sp³-hybridized carbons (Fsp3) is 0.615. The zero-order valence-corrected chi connectivity index (χ0v) is 13.4. The Morgan fingerprint density at radius 1 is 0.920 bits per heavy atom. The maximum atomic E-state index is 12.6. The third kappa shape index (κ3) is 7.00. The van der Waals surface area contributed by atoms with Crippen LogP contribution >= 0.6 is 0 Å². The molecule has 0 aliphatic rings. The monoisotopic (exact) mass is 371 g/mol. The molecule has 1 aromatic rings. The highest BCUT2D eigenvalue weighted by molar-refractivity contribution is 5.40. The second-order valence-electron chi connectivity index (χ2n) is 4.86. The lowest BCUT2D eigenvalue weighted by atomic mass is 10.3. The van der Waals surface area contributed by atoms with Crippen molar-refractivity contribution in [3.8, 4) is 11.8 Å². The van der Waals surface area contributed by atoms with E-state index in [-0.39, 0.29) is 12.4 Å². The first kappa shape index (κ1) is 20.8. The quantitative estimate of drug-likeness (QED) is 0.613. The van der Waals surface area contributed by atoms with Crippen LogP contribution in [0.3, 0.4) is 0 Å². The molecule has 0 spiro atoms. The molecule has 0 saturated heterocycles. The molecule has 0 saturated carbocycles. The Morgan fingerprint density at radius 3 is 1.72 bits per heavy atom. The van der Waals surface area contributed by atoms with Crippen molar-refractivity contribution < 1.29 is 31.1 Å². The number of anilines is 2. The van der Waals surface area contributed by atoms with E-state index in [1.165, 1.54) is 7.11 Å². The number of hydrogen-bond acceptors (Lipinski definition) is 6. The van der Waals surface area contributed by atoms with E-state index in [1.54, 1.807) is 0 Å². The first-order chi connectivity index (χ1) is 11.4. The van der Waals surface area contributed by atoms with Gasteiger partial charge in [0, 0.05) is 7.11 Å². The Kier molecular flexibility index (Phi) is 6.80. The normalized spacial score (nSPS) is 14.3. The number of aromatic nitrogens is 3. The smallest absolute Gasteiger partial charge is 0.372 e. The SMILES string of the molecule is COCC#Cc1nc(N[C@H](C)C(F)(F)F)nc(N[C@H](C)C(F)(F)F)n1. The first-order valence-electron chi connectivity index (χ1n) is 6.84. The molecule has 140 valence electrons. The summed E-state index contributed by atoms with van der Waals surface area (Å²) in [5.41, 5.74) is 0. The molecule has 0 amide bonds. The van der Waals surface area contributed by atoms with Gasteiger partial charge in [0.2, 0.25) is 17.7 Å². The van der Waals surface area contributed by atoms with E-state index in [0.29, 0.717) is 0 Å². The van der Waals surface area contributed by atoms with Gasteiger partial charge in [-0.25, -0.2) is 0 Å². The lowest BCUT2D eigenvalue weighted by Crippen LogP contribution is -2.35. The van der Waals surface area contributed by atoms with Crippen molar-refractivity contribution in [2.24, 2.45) is 0 Å². The van der Waals surface area contributed by atoms with Crippen molar-refractivity contribution in [1.29, 1.82) is 0 Å². The molecule has 25 heavy (non-hydrogen) atoms. The Bertz CT molecular complexity index is 596. The standard InChI is InChI=1S/C13H15F6N5O/c1-7(12(14,15)16)20-10-22-9(5-4-6-25-3)23-11(24-10)21-8(2)13(17,18)19/h7-8H,6H2,1-3H3,(H2,20,21,22,23,24)/t7-,8-/m1/s1. The van der Waals surface area contributed by atoms with Gasteiger partial charge in [-0.2, -0.15) is 41.3 Å². The number of hydrogen-bond donors (Lipinski definition) is 2. The molecule has 0 aromatic carbocycles. The maximum Gasteiger partial charge on any atom is 0.408 e. The number of rotatable bonds is 5. The molecule has 0 aliphatic carbocycles. The van der Waals surface area contributed by atoms with Crippen molar-refractivity contribution >= 4 is 11.9 Å². The largest absolute Gasteiger partial charge is 0.408 e. The Balaban J connectivity index is 3.13. The summed E-state index contributed by atoms with van der Waals surface area (Å²) in [4.78, 5) is 10.8. The van der Waals surface area contributed by atoms with Gasteiger partial charge in [0.05, 0.1) is 0 Å². The van der Waals surface area contributed by atoms with Crippen LogP contribution in [0.4, 0.5) is 38.2 Å². The van der Waals surface area contributed by atoms with Gasteiger partial charge < -0.3 is 15.4 Å². The molecule has 0 aliphatic heterocycles. The number of nitrogens with zero attached hydrogens (tertiary/aromatic N) is 3. The Morgan fingerprint density at radius 2 is 1.36 bits per heavy atom. The van der Waals surface area contributed by atoms with Crippen molar-refractivity contribution in [1.82, 2.24) is 15.0 Å². The van der Waals surface area contributed by atoms with Crippen LogP contribution in [0.15, 0.2) is 0 Å². The molecule has 1 rings (SSSR count). The molecular weight excluding hydrogens is 356 g/mol. The minimum Gasteiger partial charge on any atom is -0.372 e. The van der Waals surface area contributed by atoms with Crippen LogP contribution < -0.4 is 10.6 Å². The number of nitrogens with one attached hydrogen (secondary N) is 2. The van der Waals surface area contributed by atoms with E-state index >= 15 is 0 Å². The number of alkyl halides is 6. The van der Waals surface area contributed by atoms with Gasteiger partial charge in [-0.15, -0.1) is 0 Å². The van der Waals surface area contributed by atoms with Crippen LogP contribution in [0.2, 0.25) is 0 Å². The topological polar surface area (TPSA) is 72.0 Å². The first-order valence-corrected chi connectivity index (χ1v) is 6.84. The summed E-state index contributed by atoms with van der Waals surface area (Å²) in [5, 5.41) is 3.92. The molecule has 0 radical (unpaired) electrons. The number of methoxy groups -OCH3 is 1. The molecule has 12 heteroatoms. The fourth-order valence-electron chi connectivity index (χ4n) is 1.30. The van der Waals surface area contributed by atoms with Gasteiger partial charge in [0.15, 0.2) is 0 Å². The van der Waals surface area contributed by atoms with Crippen LogP contribution in [0, 0.1) is 11.8 Å². The van der Waals surface area contributed by atoms with Crippen molar-refractivity contribution in [2.75, 3.05) is 24.4 Å². The molecule has 6 nitrogen and oxygen atoms in total. The summed E-state index contributed by atoms with van der Waals surface area (Å²) in [5.74, 6) is 3.40. The summed E-state index contributed by atoms with van der Waals surface area (Å²) in [6.07, 6.45) is -9.19. The minimum atomic E-state index is -4.60. The number of ether oxygens (including phenoxy) is 1. The second-order valence-corrected chi connectivity index (χ2v) is 4.86. The highest BCUT2D eigenvalue weighted by Gasteiger charge is 2.38. The van der Waals surface area contributed by atoms with E-state index < -0.39 is 36.3 Å². The molecule has 1 aromatic heterocycles. The third-order valence-corrected chi connectivity index (χ3v) is 2.73. The van der Waals surface area contributed by atoms with Gasteiger partial charge in [-0.1, -0.05) is 5.92 Å². The predicted octanol–water partition coefficient (Wildman–Crippen LogP) is 2.59. The summed E-state index contributed by atoms with van der Waals surface area (Å²) in [7, 11) is 1.36. The average molecular weight is 371 g/mol. The van der Waals surface area contributed by atoms with Gasteiger partial charge in [-0.05, 0) is 19.8 Å². The molecule has 0 unspecified atom stereocenters. The Labute approximate surface area is 139 Å². The molecule has 0 bridgehead atoms. The number of halogens is 6. The van der Waals surface area contributed by atoms with Crippen LogP contribution in [-0.4, -0.2) is 53.1 Å². The molecule has 2 atom stereocenters. The second kappa shape index (κ2) is 8.19. The Hall–Kier alpha value is -2.29. The molecule has 2 N–H and O–H groups in total. The van der Waals surface area contributed by atoms with Crippen molar-refractivity contribution in [3.05, 3.63) is 5.82 Å². The van der Waals surface area contributed by atoms with Crippen LogP contribution in [0.25, 0.3) is 0 Å². The van der Waals surface area contributed by atoms with Gasteiger partial charge >= 0.3 is 12.4 Å². The maximum absolute atomic E-state index is 12.6. The zero-order valence-electron chi connectivity index (χ0n) is 13.4. The zero-order chi connectivity index (χ0) is 19.3. The summed E-state index contributed by atoms with van der Waals surface area (Å²) in [6.45, 7) is 1.60. The van der Waals surface area contributed by atoms with E-state index in [0.717, 1.165) is 13.8 Å². The van der Waals surface area contributed by atoms with Crippen molar-refractivity contribution in [3.63, 3.8) is 0 Å². The van der Waals surface area contributed by atoms with Crippen LogP contribution in [-0.2, 0) is 4.74 Å². The highest BCUT2D eigenvalue weighted by atomic mass is 19.4. The van der Waals surface area contributed by atoms with Gasteiger partial charge in [0.1, 0.15) is 18.7 Å². The van der Waals surface area contributed by atoms with Crippen LogP contribution in [0.1, 0.15) is 19.7 Å². The average Bonchev–Trinajstić information content (AvgIpc) is 2.45. The molecule has 1 heterocycles. The summed E-state index contributed by atoms with van der Waals surface area (Å²) in [6, 6.07) is -4.05. The van der Waals surface area contributed by atoms with Gasteiger partial charge in [0.25, 0.3) is 0 Å². The fourth-order valence-corrected chi connectivity index (χ4v) is 1.30. The lowest BCUT2D eigenvalue weighted by Gasteiger charge is -2.19. The molecule has 0 fully saturated rings. The third-order valence-electron chi connectivity index (χ3n) is 2.73. The van der Waals surface area contributed by atoms with Crippen molar-refractivity contribution in [2.45, 2.75) is 38.3 Å². The van der Waals surface area contributed by atoms with E-state index in [4.69, 9.17) is 0 Å². The van der Waals surface area contributed by atoms with E-state index in [2.05, 4.69) is 31.5 Å². The van der Waals surface area contributed by atoms with Gasteiger partial charge in [-0.3, -0.25) is 0 Å². The summed E-state index contributed by atoms with van der Waals surface area (Å²) < 4.78 is 80.3. The summed E-state index contributed by atoms with van der Waals surface area (Å²) >= 11 is 0. The predicted molar refractivity (Wildman–Crippen MR) is 76.9 cm³/mol. The minimum absolute atomic E-state index is 0.0187. The van der Waals surface area contributed by atoms with Crippen LogP contribution in [0.5, 0.6) is 0 Å². The van der Waals surface area contributed by atoms with E-state index in [1.807, 2.05) is 10.6 Å². The molecular formula is C13H15F6N5O. The highest BCUT2D eigenvalue weighted by Crippen LogP contribution is 2.24.